The Morgan fingerprint density at radius 1 is 1.63 bits per heavy atom. The molecule has 1 N–H and O–H groups in total. The van der Waals surface area contributed by atoms with E-state index in [1.807, 2.05) is 4.90 Å². The van der Waals surface area contributed by atoms with Gasteiger partial charge in [-0.3, -0.25) is 9.69 Å². The maximum absolute atomic E-state index is 14.5. The monoisotopic (exact) mass is 268 g/mol. The van der Waals surface area contributed by atoms with Gasteiger partial charge >= 0.3 is 0 Å². The number of nitrogens with zero attached hydrogens (tertiary/aromatic N) is 3. The van der Waals surface area contributed by atoms with E-state index in [0.717, 1.165) is 12.8 Å². The topological polar surface area (TPSA) is 71.3 Å². The Hall–Kier alpha value is -1.50. The summed E-state index contributed by atoms with van der Waals surface area (Å²) >= 11 is 0. The number of hydrogen-bond acceptors (Lipinski definition) is 5. The molecule has 0 spiro atoms. The van der Waals surface area contributed by atoms with E-state index >= 15 is 0 Å². The summed E-state index contributed by atoms with van der Waals surface area (Å²) in [6.07, 6.45) is 2.15. The van der Waals surface area contributed by atoms with Gasteiger partial charge in [0.1, 0.15) is 0 Å². The number of carbonyl (C=O) groups excluding carboxylic acids is 1. The molecule has 1 amide bonds. The Labute approximate surface area is 110 Å². The molecule has 1 atom stereocenters. The molecule has 0 aromatic carbocycles. The lowest BCUT2D eigenvalue weighted by Crippen LogP contribution is -2.46. The first-order valence-corrected chi connectivity index (χ1v) is 6.57. The fourth-order valence-electron chi connectivity index (χ4n) is 2.31. The van der Waals surface area contributed by atoms with E-state index in [1.54, 1.807) is 6.92 Å². The fourth-order valence-corrected chi connectivity index (χ4v) is 2.31. The maximum Gasteiger partial charge on any atom is 0.259 e. The number of likely N-dealkylation sites (tertiary alicyclic amines) is 1. The van der Waals surface area contributed by atoms with Gasteiger partial charge in [-0.05, 0) is 19.8 Å². The van der Waals surface area contributed by atoms with Gasteiger partial charge in [0, 0.05) is 25.6 Å². The summed E-state index contributed by atoms with van der Waals surface area (Å²) in [4.78, 5) is 17.8. The number of aryl methyl sites for hydroxylation is 1. The lowest BCUT2D eigenvalue weighted by Gasteiger charge is -2.19. The molecule has 2 heterocycles. The zero-order chi connectivity index (χ0) is 13.5. The van der Waals surface area contributed by atoms with E-state index in [-0.39, 0.29) is 19.0 Å². The van der Waals surface area contributed by atoms with Gasteiger partial charge in [0.2, 0.25) is 11.6 Å². The van der Waals surface area contributed by atoms with Crippen molar-refractivity contribution in [3.05, 3.63) is 11.7 Å². The third-order valence-electron chi connectivity index (χ3n) is 3.55. The van der Waals surface area contributed by atoms with E-state index in [0.29, 0.717) is 24.8 Å². The third-order valence-corrected chi connectivity index (χ3v) is 3.55. The van der Waals surface area contributed by atoms with Crippen molar-refractivity contribution in [2.24, 2.45) is 0 Å². The number of rotatable bonds is 4. The fraction of sp³-hybridized carbons (Fsp3) is 0.750. The molecule has 1 saturated heterocycles. The normalized spacial score (nSPS) is 27.7. The van der Waals surface area contributed by atoms with Crippen molar-refractivity contribution in [1.29, 1.82) is 0 Å². The van der Waals surface area contributed by atoms with Crippen molar-refractivity contribution < 1.29 is 13.7 Å². The average Bonchev–Trinajstić information content (AvgIpc) is 2.96. The number of carbonyl (C=O) groups is 1. The molecule has 1 aliphatic carbocycles. The summed E-state index contributed by atoms with van der Waals surface area (Å²) in [5.74, 6) is 0.552. The molecule has 6 nitrogen and oxygen atoms in total. The summed E-state index contributed by atoms with van der Waals surface area (Å²) in [6.45, 7) is 2.74. The highest BCUT2D eigenvalue weighted by molar-refractivity contribution is 5.86. The van der Waals surface area contributed by atoms with E-state index in [1.165, 1.54) is 0 Å². The van der Waals surface area contributed by atoms with Crippen LogP contribution in [0.2, 0.25) is 0 Å². The Bertz CT molecular complexity index is 488. The van der Waals surface area contributed by atoms with Crippen LogP contribution in [0.4, 0.5) is 4.39 Å². The lowest BCUT2D eigenvalue weighted by atomic mass is 10.1. The standard InChI is InChI=1S/C12H17FN4O2/c1-8-14-10(19-16-8)6-17-5-4-12(13,7-17)11(18)15-9-2-3-9/h9H,2-7H2,1H3,(H,15,18). The van der Waals surface area contributed by atoms with Gasteiger partial charge in [0.05, 0.1) is 6.54 Å². The smallest absolute Gasteiger partial charge is 0.259 e. The van der Waals surface area contributed by atoms with Crippen LogP contribution in [0.3, 0.4) is 0 Å². The quantitative estimate of drug-likeness (QED) is 0.864. The minimum absolute atomic E-state index is 0.0903. The molecule has 1 saturated carbocycles. The highest BCUT2D eigenvalue weighted by Crippen LogP contribution is 2.29. The zero-order valence-electron chi connectivity index (χ0n) is 10.9. The second-order valence-electron chi connectivity index (χ2n) is 5.41. The van der Waals surface area contributed by atoms with Crippen LogP contribution >= 0.6 is 0 Å². The van der Waals surface area contributed by atoms with Gasteiger partial charge < -0.3 is 9.84 Å². The van der Waals surface area contributed by atoms with Crippen LogP contribution in [0.5, 0.6) is 0 Å². The average molecular weight is 268 g/mol. The summed E-state index contributed by atoms with van der Waals surface area (Å²) < 4.78 is 19.5. The summed E-state index contributed by atoms with van der Waals surface area (Å²) in [5, 5.41) is 6.42. The van der Waals surface area contributed by atoms with Crippen molar-refractivity contribution in [2.45, 2.75) is 44.4 Å². The molecule has 0 radical (unpaired) electrons. The summed E-state index contributed by atoms with van der Waals surface area (Å²) in [5.41, 5.74) is -1.78. The van der Waals surface area contributed by atoms with Gasteiger partial charge in [0.15, 0.2) is 5.82 Å². The van der Waals surface area contributed by atoms with Crippen LogP contribution in [0.1, 0.15) is 31.0 Å². The lowest BCUT2D eigenvalue weighted by molar-refractivity contribution is -0.132. The Balaban J connectivity index is 1.57. The molecular formula is C12H17FN4O2. The Morgan fingerprint density at radius 3 is 3.05 bits per heavy atom. The molecule has 7 heteroatoms. The second-order valence-corrected chi connectivity index (χ2v) is 5.41. The Kier molecular flexibility index (Phi) is 3.00. The molecule has 2 aliphatic rings. The molecule has 1 aromatic heterocycles. The van der Waals surface area contributed by atoms with Crippen LogP contribution in [0.15, 0.2) is 4.52 Å². The number of amides is 1. The molecule has 2 fully saturated rings. The first kappa shape index (κ1) is 12.5. The predicted octanol–water partition coefficient (Wildman–Crippen LogP) is 0.571. The van der Waals surface area contributed by atoms with Crippen LogP contribution in [-0.2, 0) is 11.3 Å². The zero-order valence-corrected chi connectivity index (χ0v) is 10.9. The van der Waals surface area contributed by atoms with Crippen LogP contribution in [-0.4, -0.2) is 45.7 Å². The number of halogens is 1. The van der Waals surface area contributed by atoms with Gasteiger partial charge in [0.25, 0.3) is 5.91 Å². The molecule has 19 heavy (non-hydrogen) atoms. The van der Waals surface area contributed by atoms with E-state index < -0.39 is 11.6 Å². The molecule has 1 aromatic rings. The van der Waals surface area contributed by atoms with Crippen molar-refractivity contribution in [1.82, 2.24) is 20.4 Å². The third kappa shape index (κ3) is 2.75. The molecule has 1 aliphatic heterocycles. The van der Waals surface area contributed by atoms with Gasteiger partial charge in [-0.25, -0.2) is 4.39 Å². The van der Waals surface area contributed by atoms with Crippen molar-refractivity contribution in [2.75, 3.05) is 13.1 Å². The van der Waals surface area contributed by atoms with Crippen LogP contribution in [0, 0.1) is 6.92 Å². The van der Waals surface area contributed by atoms with Crippen molar-refractivity contribution in [3.63, 3.8) is 0 Å². The highest BCUT2D eigenvalue weighted by atomic mass is 19.1. The number of nitrogens with one attached hydrogen (secondary N) is 1. The molecule has 0 bridgehead atoms. The SMILES string of the molecule is Cc1noc(CN2CCC(F)(C(=O)NC3CC3)C2)n1. The Morgan fingerprint density at radius 2 is 2.42 bits per heavy atom. The molecule has 104 valence electrons. The summed E-state index contributed by atoms with van der Waals surface area (Å²) in [6, 6.07) is 0.188. The maximum atomic E-state index is 14.5. The van der Waals surface area contributed by atoms with Crippen LogP contribution < -0.4 is 5.32 Å². The van der Waals surface area contributed by atoms with Crippen molar-refractivity contribution in [3.8, 4) is 0 Å². The molecular weight excluding hydrogens is 251 g/mol. The van der Waals surface area contributed by atoms with Gasteiger partial charge in [-0.15, -0.1) is 0 Å². The number of aromatic nitrogens is 2. The number of hydrogen-bond donors (Lipinski definition) is 1. The number of alkyl halides is 1. The second kappa shape index (κ2) is 4.56. The largest absolute Gasteiger partial charge is 0.351 e. The van der Waals surface area contributed by atoms with E-state index in [9.17, 15) is 9.18 Å². The molecule has 3 rings (SSSR count). The highest BCUT2D eigenvalue weighted by Gasteiger charge is 2.46. The predicted molar refractivity (Wildman–Crippen MR) is 63.9 cm³/mol. The van der Waals surface area contributed by atoms with E-state index in [2.05, 4.69) is 15.5 Å². The summed E-state index contributed by atoms with van der Waals surface area (Å²) in [7, 11) is 0. The minimum Gasteiger partial charge on any atom is -0.351 e. The first-order valence-electron chi connectivity index (χ1n) is 6.57. The first-order chi connectivity index (χ1) is 9.05. The minimum atomic E-state index is -1.78. The molecule has 1 unspecified atom stereocenters. The van der Waals surface area contributed by atoms with Gasteiger partial charge in [-0.1, -0.05) is 5.16 Å². The van der Waals surface area contributed by atoms with E-state index in [4.69, 9.17) is 4.52 Å². The van der Waals surface area contributed by atoms with Gasteiger partial charge in [-0.2, -0.15) is 4.98 Å². The van der Waals surface area contributed by atoms with Crippen molar-refractivity contribution >= 4 is 5.91 Å². The van der Waals surface area contributed by atoms with Crippen LogP contribution in [0.25, 0.3) is 0 Å².